The SMILES string of the molecule is Cc1cc(C(=O)COC(=O)CCN2C(=O)c3ccccc3C2=O)c(C)n1-c1ccc(Cl)c(Cl)c1. The second kappa shape index (κ2) is 9.44. The third-order valence-electron chi connectivity index (χ3n) is 5.67. The molecule has 0 spiro atoms. The number of hydrogen-bond donors (Lipinski definition) is 0. The van der Waals surface area contributed by atoms with E-state index < -0.39 is 24.4 Å². The molecule has 0 unspecified atom stereocenters. The Morgan fingerprint density at radius 3 is 2.18 bits per heavy atom. The van der Waals surface area contributed by atoms with Crippen molar-refractivity contribution in [3.8, 4) is 5.69 Å². The lowest BCUT2D eigenvalue weighted by Gasteiger charge is -2.13. The fourth-order valence-electron chi connectivity index (χ4n) is 4.01. The van der Waals surface area contributed by atoms with E-state index in [4.69, 9.17) is 27.9 Å². The zero-order valence-electron chi connectivity index (χ0n) is 18.4. The van der Waals surface area contributed by atoms with Crippen LogP contribution in [0.15, 0.2) is 48.5 Å². The number of hydrogen-bond acceptors (Lipinski definition) is 5. The van der Waals surface area contributed by atoms with Gasteiger partial charge in [-0.3, -0.25) is 24.1 Å². The minimum atomic E-state index is -0.678. The number of imide groups is 1. The van der Waals surface area contributed by atoms with E-state index in [1.165, 1.54) is 0 Å². The number of nitrogens with zero attached hydrogens (tertiary/aromatic N) is 2. The van der Waals surface area contributed by atoms with Crippen LogP contribution in [0.4, 0.5) is 0 Å². The number of amides is 2. The Balaban J connectivity index is 1.37. The molecule has 1 aliphatic rings. The summed E-state index contributed by atoms with van der Waals surface area (Å²) in [6.07, 6.45) is -0.207. The number of benzene rings is 2. The summed E-state index contributed by atoms with van der Waals surface area (Å²) in [4.78, 5) is 50.7. The summed E-state index contributed by atoms with van der Waals surface area (Å²) in [5.41, 5.74) is 3.26. The highest BCUT2D eigenvalue weighted by molar-refractivity contribution is 6.42. The third-order valence-corrected chi connectivity index (χ3v) is 6.41. The number of ether oxygens (including phenoxy) is 1. The van der Waals surface area contributed by atoms with Crippen LogP contribution in [0, 0.1) is 13.8 Å². The Morgan fingerprint density at radius 1 is 0.912 bits per heavy atom. The van der Waals surface area contributed by atoms with Crippen LogP contribution in [0.5, 0.6) is 0 Å². The highest BCUT2D eigenvalue weighted by atomic mass is 35.5. The molecule has 0 radical (unpaired) electrons. The molecular weight excluding hydrogens is 479 g/mol. The zero-order chi connectivity index (χ0) is 24.6. The predicted molar refractivity (Wildman–Crippen MR) is 127 cm³/mol. The smallest absolute Gasteiger partial charge is 0.308 e. The maximum absolute atomic E-state index is 12.7. The average molecular weight is 499 g/mol. The summed E-state index contributed by atoms with van der Waals surface area (Å²) in [5.74, 6) is -1.94. The minimum Gasteiger partial charge on any atom is -0.457 e. The van der Waals surface area contributed by atoms with E-state index in [1.807, 2.05) is 11.5 Å². The van der Waals surface area contributed by atoms with Crippen molar-refractivity contribution < 1.29 is 23.9 Å². The first kappa shape index (κ1) is 23.7. The highest BCUT2D eigenvalue weighted by Crippen LogP contribution is 2.28. The number of rotatable bonds is 7. The molecule has 2 heterocycles. The Morgan fingerprint density at radius 2 is 1.56 bits per heavy atom. The number of fused-ring (bicyclic) bond motifs is 1. The summed E-state index contributed by atoms with van der Waals surface area (Å²) in [5, 5.41) is 0.823. The van der Waals surface area contributed by atoms with E-state index in [0.717, 1.165) is 16.3 Å². The number of halogens is 2. The lowest BCUT2D eigenvalue weighted by Crippen LogP contribution is -2.32. The van der Waals surface area contributed by atoms with E-state index >= 15 is 0 Å². The van der Waals surface area contributed by atoms with Gasteiger partial charge >= 0.3 is 5.97 Å². The first-order chi connectivity index (χ1) is 16.2. The summed E-state index contributed by atoms with van der Waals surface area (Å²) in [6.45, 7) is 3.06. The van der Waals surface area contributed by atoms with Crippen LogP contribution in [-0.2, 0) is 9.53 Å². The van der Waals surface area contributed by atoms with Crippen LogP contribution in [0.2, 0.25) is 10.0 Å². The number of carbonyl (C=O) groups excluding carboxylic acids is 4. The molecule has 0 atom stereocenters. The summed E-state index contributed by atoms with van der Waals surface area (Å²) in [7, 11) is 0. The van der Waals surface area contributed by atoms with Crippen LogP contribution >= 0.6 is 23.2 Å². The van der Waals surface area contributed by atoms with Crippen molar-refractivity contribution in [1.82, 2.24) is 9.47 Å². The Labute approximate surface area is 205 Å². The van der Waals surface area contributed by atoms with Crippen LogP contribution in [0.1, 0.15) is 48.9 Å². The van der Waals surface area contributed by atoms with Gasteiger partial charge in [0.05, 0.1) is 27.6 Å². The second-order valence-electron chi connectivity index (χ2n) is 7.86. The predicted octanol–water partition coefficient (Wildman–Crippen LogP) is 4.81. The van der Waals surface area contributed by atoms with Gasteiger partial charge in [0.2, 0.25) is 5.78 Å². The van der Waals surface area contributed by atoms with Gasteiger partial charge in [-0.25, -0.2) is 0 Å². The molecule has 174 valence electrons. The quantitative estimate of drug-likeness (QED) is 0.265. The number of aromatic nitrogens is 1. The van der Waals surface area contributed by atoms with Gasteiger partial charge in [0.15, 0.2) is 6.61 Å². The second-order valence-corrected chi connectivity index (χ2v) is 8.67. The first-order valence-electron chi connectivity index (χ1n) is 10.5. The molecule has 3 aromatic rings. The Kier molecular flexibility index (Phi) is 6.59. The first-order valence-corrected chi connectivity index (χ1v) is 11.2. The van der Waals surface area contributed by atoms with Crippen LogP contribution in [0.3, 0.4) is 0 Å². The molecule has 4 rings (SSSR count). The number of ketones is 1. The molecule has 2 aromatic carbocycles. The molecule has 0 N–H and O–H groups in total. The largest absolute Gasteiger partial charge is 0.457 e. The van der Waals surface area contributed by atoms with Gasteiger partial charge in [0, 0.05) is 29.2 Å². The lowest BCUT2D eigenvalue weighted by atomic mass is 10.1. The monoisotopic (exact) mass is 498 g/mol. The fraction of sp³-hybridized carbons (Fsp3) is 0.200. The molecule has 34 heavy (non-hydrogen) atoms. The standard InChI is InChI=1S/C25H20Cl2N2O5/c1-14-11-19(15(2)29(14)16-7-8-20(26)21(27)12-16)22(30)13-34-23(31)9-10-28-24(32)17-5-3-4-6-18(17)25(28)33/h3-8,11-12H,9-10,13H2,1-2H3. The van der Waals surface area contributed by atoms with Crippen molar-refractivity contribution in [1.29, 1.82) is 0 Å². The van der Waals surface area contributed by atoms with Crippen LogP contribution in [0.25, 0.3) is 5.69 Å². The number of esters is 1. The molecule has 9 heteroatoms. The van der Waals surface area contributed by atoms with E-state index in [9.17, 15) is 19.2 Å². The van der Waals surface area contributed by atoms with Gasteiger partial charge in [0.1, 0.15) is 0 Å². The molecule has 0 saturated carbocycles. The van der Waals surface area contributed by atoms with Crippen molar-refractivity contribution in [2.75, 3.05) is 13.2 Å². The maximum Gasteiger partial charge on any atom is 0.308 e. The molecule has 1 aliphatic heterocycles. The van der Waals surface area contributed by atoms with Crippen LogP contribution in [-0.4, -0.2) is 46.2 Å². The fourth-order valence-corrected chi connectivity index (χ4v) is 4.30. The van der Waals surface area contributed by atoms with Crippen molar-refractivity contribution in [3.63, 3.8) is 0 Å². The molecule has 7 nitrogen and oxygen atoms in total. The molecular formula is C25H20Cl2N2O5. The number of carbonyl (C=O) groups is 4. The van der Waals surface area contributed by atoms with Gasteiger partial charge < -0.3 is 9.30 Å². The Bertz CT molecular complexity index is 1310. The van der Waals surface area contributed by atoms with Crippen molar-refractivity contribution in [3.05, 3.63) is 86.7 Å². The van der Waals surface area contributed by atoms with Gasteiger partial charge in [-0.1, -0.05) is 35.3 Å². The van der Waals surface area contributed by atoms with Crippen LogP contribution < -0.4 is 0 Å². The van der Waals surface area contributed by atoms with Gasteiger partial charge in [-0.05, 0) is 50.2 Å². The molecule has 0 bridgehead atoms. The normalized spacial score (nSPS) is 12.8. The van der Waals surface area contributed by atoms with E-state index in [0.29, 0.717) is 32.4 Å². The van der Waals surface area contributed by atoms with Crippen molar-refractivity contribution in [2.24, 2.45) is 0 Å². The van der Waals surface area contributed by atoms with Crippen molar-refractivity contribution >= 4 is 46.8 Å². The lowest BCUT2D eigenvalue weighted by molar-refractivity contribution is -0.142. The zero-order valence-corrected chi connectivity index (χ0v) is 19.9. The van der Waals surface area contributed by atoms with E-state index in [1.54, 1.807) is 55.5 Å². The maximum atomic E-state index is 12.7. The summed E-state index contributed by atoms with van der Waals surface area (Å²) < 4.78 is 6.99. The third kappa shape index (κ3) is 4.36. The topological polar surface area (TPSA) is 85.7 Å². The van der Waals surface area contributed by atoms with E-state index in [-0.39, 0.29) is 18.7 Å². The summed E-state index contributed by atoms with van der Waals surface area (Å²) >= 11 is 12.1. The van der Waals surface area contributed by atoms with Gasteiger partial charge in [-0.2, -0.15) is 0 Å². The number of aryl methyl sites for hydroxylation is 1. The average Bonchev–Trinajstić information content (AvgIpc) is 3.25. The molecule has 1 aromatic heterocycles. The molecule has 0 aliphatic carbocycles. The van der Waals surface area contributed by atoms with Gasteiger partial charge in [-0.15, -0.1) is 0 Å². The highest BCUT2D eigenvalue weighted by Gasteiger charge is 2.35. The number of Topliss-reactive ketones (excluding diaryl/α,β-unsaturated/α-hetero) is 1. The molecule has 0 fully saturated rings. The minimum absolute atomic E-state index is 0.120. The molecule has 2 amide bonds. The summed E-state index contributed by atoms with van der Waals surface area (Å²) in [6, 6.07) is 13.4. The Hall–Kier alpha value is -3.42. The van der Waals surface area contributed by atoms with E-state index in [2.05, 4.69) is 0 Å². The molecule has 0 saturated heterocycles. The van der Waals surface area contributed by atoms with Crippen molar-refractivity contribution in [2.45, 2.75) is 20.3 Å². The van der Waals surface area contributed by atoms with Gasteiger partial charge in [0.25, 0.3) is 11.8 Å².